The fourth-order valence-corrected chi connectivity index (χ4v) is 0.749. The molecule has 0 atom stereocenters. The number of carboxylic acid groups (broad SMARTS) is 1. The summed E-state index contributed by atoms with van der Waals surface area (Å²) in [7, 11) is 0. The first kappa shape index (κ1) is 11.1. The first-order valence-electron chi connectivity index (χ1n) is 3.56. The average Bonchev–Trinajstić information content (AvgIpc) is 2.04. The zero-order chi connectivity index (χ0) is 9.78. The van der Waals surface area contributed by atoms with Gasteiger partial charge < -0.3 is 20.1 Å². The van der Waals surface area contributed by atoms with Gasteiger partial charge in [0.1, 0.15) is 0 Å². The molecule has 0 aromatic carbocycles. The van der Waals surface area contributed by atoms with Crippen molar-refractivity contribution in [2.75, 3.05) is 13.2 Å². The molecule has 0 aromatic heterocycles. The molecule has 0 saturated carbocycles. The van der Waals surface area contributed by atoms with Crippen molar-refractivity contribution in [1.82, 2.24) is 0 Å². The van der Waals surface area contributed by atoms with E-state index in [1.807, 2.05) is 0 Å². The highest BCUT2D eigenvalue weighted by molar-refractivity contribution is 5.83. The van der Waals surface area contributed by atoms with Crippen molar-refractivity contribution in [3.63, 3.8) is 0 Å². The van der Waals surface area contributed by atoms with E-state index in [4.69, 9.17) is 10.2 Å². The predicted octanol–water partition coefficient (Wildman–Crippen LogP) is -1.33. The smallest absolute Gasteiger partial charge is 0.0669 e. The molecule has 0 amide bonds. The first-order chi connectivity index (χ1) is 5.45. The molecule has 0 unspecified atom stereocenters. The van der Waals surface area contributed by atoms with Gasteiger partial charge in [0.25, 0.3) is 0 Å². The van der Waals surface area contributed by atoms with E-state index in [1.54, 1.807) is 6.92 Å². The largest absolute Gasteiger partial charge is 0.545 e. The summed E-state index contributed by atoms with van der Waals surface area (Å²) < 4.78 is 0. The Bertz CT molecular complexity index is 181. The van der Waals surface area contributed by atoms with Crippen LogP contribution in [-0.2, 0) is 4.79 Å². The highest BCUT2D eigenvalue weighted by Gasteiger charge is 2.23. The summed E-state index contributed by atoms with van der Waals surface area (Å²) in [6.45, 7) is 4.26. The second kappa shape index (κ2) is 4.23. The Kier molecular flexibility index (Phi) is 3.92. The summed E-state index contributed by atoms with van der Waals surface area (Å²) in [6.07, 6.45) is 0.0301. The molecule has 0 heterocycles. The van der Waals surface area contributed by atoms with E-state index in [9.17, 15) is 9.90 Å². The summed E-state index contributed by atoms with van der Waals surface area (Å²) in [5, 5.41) is 27.8. The molecule has 4 heteroatoms. The van der Waals surface area contributed by atoms with Gasteiger partial charge in [0.2, 0.25) is 0 Å². The molecule has 4 nitrogen and oxygen atoms in total. The first-order valence-corrected chi connectivity index (χ1v) is 3.56. The number of aliphatic hydroxyl groups is 2. The third-order valence-corrected chi connectivity index (χ3v) is 1.69. The Labute approximate surface area is 71.1 Å². The molecule has 0 saturated heterocycles. The summed E-state index contributed by atoms with van der Waals surface area (Å²) in [5.41, 5.74) is -0.933. The Morgan fingerprint density at radius 1 is 1.50 bits per heavy atom. The lowest BCUT2D eigenvalue weighted by atomic mass is 9.85. The maximum atomic E-state index is 10.2. The third kappa shape index (κ3) is 3.02. The molecule has 0 aliphatic rings. The highest BCUT2D eigenvalue weighted by atomic mass is 16.4. The second-order valence-corrected chi connectivity index (χ2v) is 3.19. The Balaban J connectivity index is 4.21. The van der Waals surface area contributed by atoms with Crippen LogP contribution in [0.25, 0.3) is 0 Å². The third-order valence-electron chi connectivity index (χ3n) is 1.69. The molecule has 0 aliphatic carbocycles. The summed E-state index contributed by atoms with van der Waals surface area (Å²) in [4.78, 5) is 10.2. The quantitative estimate of drug-likeness (QED) is 0.505. The standard InChI is InChI=1S/C8H14O4/c1-6(7(11)12)3-8(2,4-9)5-10/h9-10H,1,3-5H2,2H3,(H,11,12)/p-1. The van der Waals surface area contributed by atoms with Gasteiger partial charge in [-0.15, -0.1) is 0 Å². The minimum atomic E-state index is -1.34. The Morgan fingerprint density at radius 3 is 2.17 bits per heavy atom. The molecule has 0 rings (SSSR count). The van der Waals surface area contributed by atoms with Gasteiger partial charge in [0.05, 0.1) is 19.2 Å². The van der Waals surface area contributed by atoms with Crippen molar-refractivity contribution >= 4 is 5.97 Å². The molecule has 0 radical (unpaired) electrons. The number of carboxylic acids is 1. The lowest BCUT2D eigenvalue weighted by Crippen LogP contribution is -2.32. The highest BCUT2D eigenvalue weighted by Crippen LogP contribution is 2.23. The van der Waals surface area contributed by atoms with Gasteiger partial charge >= 0.3 is 0 Å². The van der Waals surface area contributed by atoms with E-state index in [0.29, 0.717) is 0 Å². The summed E-state index contributed by atoms with van der Waals surface area (Å²) in [5.74, 6) is -1.34. The molecule has 70 valence electrons. The maximum Gasteiger partial charge on any atom is 0.0669 e. The fraction of sp³-hybridized carbons (Fsp3) is 0.625. The molecule has 12 heavy (non-hydrogen) atoms. The molecule has 0 fully saturated rings. The number of hydrogen-bond donors (Lipinski definition) is 2. The number of hydrogen-bond acceptors (Lipinski definition) is 4. The normalized spacial score (nSPS) is 11.2. The minimum Gasteiger partial charge on any atom is -0.545 e. The molecule has 0 aliphatic heterocycles. The van der Waals surface area contributed by atoms with Gasteiger partial charge in [-0.05, 0) is 12.0 Å². The average molecular weight is 173 g/mol. The maximum absolute atomic E-state index is 10.2. The van der Waals surface area contributed by atoms with Crippen LogP contribution in [0.4, 0.5) is 0 Å². The number of aliphatic hydroxyl groups excluding tert-OH is 2. The van der Waals surface area contributed by atoms with Gasteiger partial charge in [0.15, 0.2) is 0 Å². The van der Waals surface area contributed by atoms with Crippen molar-refractivity contribution in [2.45, 2.75) is 13.3 Å². The van der Waals surface area contributed by atoms with Gasteiger partial charge in [-0.25, -0.2) is 0 Å². The molecule has 0 bridgehead atoms. The van der Waals surface area contributed by atoms with Crippen molar-refractivity contribution in [3.8, 4) is 0 Å². The van der Waals surface area contributed by atoms with Gasteiger partial charge in [0, 0.05) is 5.41 Å². The summed E-state index contributed by atoms with van der Waals surface area (Å²) in [6, 6.07) is 0. The second-order valence-electron chi connectivity index (χ2n) is 3.19. The van der Waals surface area contributed by atoms with Crippen molar-refractivity contribution in [3.05, 3.63) is 12.2 Å². The van der Waals surface area contributed by atoms with Crippen LogP contribution in [0.1, 0.15) is 13.3 Å². The lowest BCUT2D eigenvalue weighted by molar-refractivity contribution is -0.299. The van der Waals surface area contributed by atoms with Crippen LogP contribution >= 0.6 is 0 Å². The van der Waals surface area contributed by atoms with E-state index in [-0.39, 0.29) is 25.2 Å². The zero-order valence-corrected chi connectivity index (χ0v) is 7.04. The van der Waals surface area contributed by atoms with E-state index in [1.165, 1.54) is 0 Å². The number of rotatable bonds is 5. The van der Waals surface area contributed by atoms with E-state index < -0.39 is 11.4 Å². The van der Waals surface area contributed by atoms with Crippen LogP contribution in [-0.4, -0.2) is 29.4 Å². The van der Waals surface area contributed by atoms with Gasteiger partial charge in [-0.1, -0.05) is 13.5 Å². The van der Waals surface area contributed by atoms with Gasteiger partial charge in [-0.2, -0.15) is 0 Å². The van der Waals surface area contributed by atoms with Crippen LogP contribution in [0.2, 0.25) is 0 Å². The SMILES string of the molecule is C=C(CC(C)(CO)CO)C(=O)[O-]. The Morgan fingerprint density at radius 2 is 1.92 bits per heavy atom. The molecule has 2 N–H and O–H groups in total. The number of carbonyl (C=O) groups is 1. The summed E-state index contributed by atoms with van der Waals surface area (Å²) >= 11 is 0. The van der Waals surface area contributed by atoms with Crippen LogP contribution in [0.3, 0.4) is 0 Å². The van der Waals surface area contributed by atoms with Crippen LogP contribution < -0.4 is 5.11 Å². The van der Waals surface area contributed by atoms with Crippen LogP contribution in [0, 0.1) is 5.41 Å². The number of carbonyl (C=O) groups excluding carboxylic acids is 1. The van der Waals surface area contributed by atoms with E-state index in [2.05, 4.69) is 6.58 Å². The minimum absolute atomic E-state index is 0.0301. The molecular weight excluding hydrogens is 160 g/mol. The topological polar surface area (TPSA) is 80.6 Å². The van der Waals surface area contributed by atoms with Crippen LogP contribution in [0.5, 0.6) is 0 Å². The number of aliphatic carboxylic acids is 1. The van der Waals surface area contributed by atoms with Gasteiger partial charge in [-0.3, -0.25) is 0 Å². The monoisotopic (exact) mass is 173 g/mol. The van der Waals surface area contributed by atoms with Crippen molar-refractivity contribution in [2.24, 2.45) is 5.41 Å². The zero-order valence-electron chi connectivity index (χ0n) is 7.04. The van der Waals surface area contributed by atoms with Crippen LogP contribution in [0.15, 0.2) is 12.2 Å². The van der Waals surface area contributed by atoms with E-state index >= 15 is 0 Å². The molecule has 0 aromatic rings. The van der Waals surface area contributed by atoms with E-state index in [0.717, 1.165) is 0 Å². The molecule has 0 spiro atoms. The van der Waals surface area contributed by atoms with Crippen molar-refractivity contribution < 1.29 is 20.1 Å². The Hall–Kier alpha value is -0.870. The predicted molar refractivity (Wildman–Crippen MR) is 41.0 cm³/mol. The lowest BCUT2D eigenvalue weighted by Gasteiger charge is -2.25. The van der Waals surface area contributed by atoms with Crippen molar-refractivity contribution in [1.29, 1.82) is 0 Å². The molecular formula is C8H13O4-. The fourth-order valence-electron chi connectivity index (χ4n) is 0.749.